The van der Waals surface area contributed by atoms with E-state index in [1.54, 1.807) is 36.1 Å². The number of amides is 1. The van der Waals surface area contributed by atoms with Crippen molar-refractivity contribution in [3.8, 4) is 0 Å². The van der Waals surface area contributed by atoms with Gasteiger partial charge >= 0.3 is 0 Å². The first-order valence-electron chi connectivity index (χ1n) is 8.98. The maximum absolute atomic E-state index is 12.5. The van der Waals surface area contributed by atoms with Crippen molar-refractivity contribution in [3.63, 3.8) is 0 Å². The molecule has 0 aliphatic heterocycles. The van der Waals surface area contributed by atoms with Gasteiger partial charge in [-0.3, -0.25) is 4.79 Å². The number of carbonyl (C=O) groups is 1. The van der Waals surface area contributed by atoms with Gasteiger partial charge in [-0.05, 0) is 35.2 Å². The van der Waals surface area contributed by atoms with Crippen LogP contribution in [-0.4, -0.2) is 33.8 Å². The third-order valence-corrected chi connectivity index (χ3v) is 4.33. The maximum atomic E-state index is 12.5. The lowest BCUT2D eigenvalue weighted by molar-refractivity contribution is 0.102. The molecule has 0 aliphatic carbocycles. The third-order valence-electron chi connectivity index (χ3n) is 4.33. The van der Waals surface area contributed by atoms with E-state index in [1.807, 2.05) is 24.3 Å². The van der Waals surface area contributed by atoms with Crippen LogP contribution in [0.15, 0.2) is 48.8 Å². The lowest BCUT2D eigenvalue weighted by Gasteiger charge is -2.18. The van der Waals surface area contributed by atoms with E-state index >= 15 is 0 Å². The van der Waals surface area contributed by atoms with E-state index in [2.05, 4.69) is 41.5 Å². The zero-order chi connectivity index (χ0) is 20.3. The number of allylic oxidation sites excluding steroid dienone is 1. The van der Waals surface area contributed by atoms with Gasteiger partial charge in [0.05, 0.1) is 11.9 Å². The minimum atomic E-state index is -0.223. The molecule has 3 aromatic rings. The minimum Gasteiger partial charge on any atom is -0.393 e. The highest BCUT2D eigenvalue weighted by Crippen LogP contribution is 2.22. The SMILES string of the molecule is CN/C=C(\C=N)c1ccc2nc(NC(=O)c3ccc(C(C)(C)C)cc3)cn2n1. The number of nitrogens with one attached hydrogen (secondary N) is 3. The predicted octanol–water partition coefficient (Wildman–Crippen LogP) is 3.49. The van der Waals surface area contributed by atoms with E-state index < -0.39 is 0 Å². The van der Waals surface area contributed by atoms with Gasteiger partial charge < -0.3 is 16.0 Å². The van der Waals surface area contributed by atoms with Crippen molar-refractivity contribution in [2.24, 2.45) is 0 Å². The average molecular weight is 376 g/mol. The molecule has 1 amide bonds. The van der Waals surface area contributed by atoms with E-state index in [4.69, 9.17) is 5.41 Å². The lowest BCUT2D eigenvalue weighted by Crippen LogP contribution is -2.14. The zero-order valence-corrected chi connectivity index (χ0v) is 16.4. The van der Waals surface area contributed by atoms with E-state index in [1.165, 1.54) is 11.8 Å². The number of benzene rings is 1. The summed E-state index contributed by atoms with van der Waals surface area (Å²) in [7, 11) is 1.76. The topological polar surface area (TPSA) is 95.2 Å². The first kappa shape index (κ1) is 19.3. The molecule has 0 unspecified atom stereocenters. The molecule has 144 valence electrons. The quantitative estimate of drug-likeness (QED) is 0.594. The van der Waals surface area contributed by atoms with Crippen LogP contribution >= 0.6 is 0 Å². The van der Waals surface area contributed by atoms with Crippen molar-refractivity contribution >= 4 is 29.2 Å². The van der Waals surface area contributed by atoms with E-state index in [9.17, 15) is 4.79 Å². The highest BCUT2D eigenvalue weighted by Gasteiger charge is 2.15. The predicted molar refractivity (Wildman–Crippen MR) is 112 cm³/mol. The van der Waals surface area contributed by atoms with Crippen LogP contribution in [0.4, 0.5) is 5.82 Å². The van der Waals surface area contributed by atoms with Gasteiger partial charge in [0, 0.05) is 30.6 Å². The van der Waals surface area contributed by atoms with Crippen LogP contribution < -0.4 is 10.6 Å². The summed E-state index contributed by atoms with van der Waals surface area (Å²) in [6, 6.07) is 11.2. The average Bonchev–Trinajstić information content (AvgIpc) is 3.06. The van der Waals surface area contributed by atoms with Gasteiger partial charge in [0.1, 0.15) is 0 Å². The Balaban J connectivity index is 1.81. The molecule has 0 atom stereocenters. The fraction of sp³-hybridized carbons (Fsp3) is 0.238. The summed E-state index contributed by atoms with van der Waals surface area (Å²) < 4.78 is 1.58. The molecule has 1 aromatic carbocycles. The minimum absolute atomic E-state index is 0.0387. The van der Waals surface area contributed by atoms with Crippen LogP contribution in [0.1, 0.15) is 42.4 Å². The number of fused-ring (bicyclic) bond motifs is 1. The molecule has 2 aromatic heterocycles. The number of hydrogen-bond donors (Lipinski definition) is 3. The summed E-state index contributed by atoms with van der Waals surface area (Å²) in [5.41, 5.74) is 3.66. The molecule has 0 spiro atoms. The molecule has 0 fully saturated rings. The molecule has 28 heavy (non-hydrogen) atoms. The van der Waals surface area contributed by atoms with Crippen molar-refractivity contribution in [3.05, 3.63) is 65.6 Å². The molecule has 0 bridgehead atoms. The molecule has 0 saturated carbocycles. The first-order chi connectivity index (χ1) is 13.3. The van der Waals surface area contributed by atoms with E-state index in [0.29, 0.717) is 28.3 Å². The Morgan fingerprint density at radius 2 is 1.86 bits per heavy atom. The maximum Gasteiger partial charge on any atom is 0.256 e. The number of rotatable bonds is 5. The molecule has 7 heteroatoms. The van der Waals surface area contributed by atoms with Gasteiger partial charge in [-0.1, -0.05) is 32.9 Å². The van der Waals surface area contributed by atoms with Crippen LogP contribution in [0.2, 0.25) is 0 Å². The normalized spacial score (nSPS) is 12.1. The Morgan fingerprint density at radius 1 is 1.14 bits per heavy atom. The summed E-state index contributed by atoms with van der Waals surface area (Å²) in [5.74, 6) is 0.197. The van der Waals surface area contributed by atoms with Crippen molar-refractivity contribution in [2.75, 3.05) is 12.4 Å². The van der Waals surface area contributed by atoms with Crippen LogP contribution in [-0.2, 0) is 5.41 Å². The molecule has 0 saturated heterocycles. The summed E-state index contributed by atoms with van der Waals surface area (Å²) >= 11 is 0. The Labute approximate surface area is 164 Å². The number of hydrogen-bond acceptors (Lipinski definition) is 5. The molecule has 7 nitrogen and oxygen atoms in total. The fourth-order valence-electron chi connectivity index (χ4n) is 2.75. The summed E-state index contributed by atoms with van der Waals surface area (Å²) in [4.78, 5) is 16.9. The van der Waals surface area contributed by atoms with Crippen LogP contribution in [0.25, 0.3) is 11.2 Å². The molecule has 0 radical (unpaired) electrons. The number of imidazole rings is 1. The monoisotopic (exact) mass is 376 g/mol. The van der Waals surface area contributed by atoms with Gasteiger partial charge in [0.2, 0.25) is 0 Å². The van der Waals surface area contributed by atoms with Gasteiger partial charge in [0.15, 0.2) is 11.5 Å². The Hall–Kier alpha value is -3.48. The lowest BCUT2D eigenvalue weighted by atomic mass is 9.87. The molecule has 0 aliphatic rings. The fourth-order valence-corrected chi connectivity index (χ4v) is 2.75. The molecule has 2 heterocycles. The summed E-state index contributed by atoms with van der Waals surface area (Å²) in [5, 5.41) is 17.7. The highest BCUT2D eigenvalue weighted by atomic mass is 16.1. The number of nitrogens with zero attached hydrogens (tertiary/aromatic N) is 3. The second kappa shape index (κ2) is 7.64. The second-order valence-corrected chi connectivity index (χ2v) is 7.46. The zero-order valence-electron chi connectivity index (χ0n) is 16.4. The van der Waals surface area contributed by atoms with E-state index in [0.717, 1.165) is 0 Å². The van der Waals surface area contributed by atoms with E-state index in [-0.39, 0.29) is 11.3 Å². The number of anilines is 1. The molecule has 3 rings (SSSR count). The summed E-state index contributed by atoms with van der Waals surface area (Å²) in [6.07, 6.45) is 4.58. The largest absolute Gasteiger partial charge is 0.393 e. The molecular formula is C21H24N6O. The van der Waals surface area contributed by atoms with Crippen LogP contribution in [0.3, 0.4) is 0 Å². The smallest absolute Gasteiger partial charge is 0.256 e. The first-order valence-corrected chi connectivity index (χ1v) is 8.98. The number of carbonyl (C=O) groups excluding carboxylic acids is 1. The van der Waals surface area contributed by atoms with Crippen molar-refractivity contribution in [1.82, 2.24) is 19.9 Å². The van der Waals surface area contributed by atoms with Gasteiger partial charge in [-0.25, -0.2) is 9.50 Å². The molecule has 3 N–H and O–H groups in total. The van der Waals surface area contributed by atoms with Crippen molar-refractivity contribution < 1.29 is 4.79 Å². The highest BCUT2D eigenvalue weighted by molar-refractivity contribution is 6.07. The van der Waals surface area contributed by atoms with Crippen molar-refractivity contribution in [2.45, 2.75) is 26.2 Å². The van der Waals surface area contributed by atoms with Crippen LogP contribution in [0, 0.1) is 5.41 Å². The van der Waals surface area contributed by atoms with Crippen molar-refractivity contribution in [1.29, 1.82) is 5.41 Å². The Bertz CT molecular complexity index is 1040. The van der Waals surface area contributed by atoms with Crippen LogP contribution in [0.5, 0.6) is 0 Å². The third kappa shape index (κ3) is 4.09. The number of aromatic nitrogens is 3. The van der Waals surface area contributed by atoms with Gasteiger partial charge in [0.25, 0.3) is 5.91 Å². The summed E-state index contributed by atoms with van der Waals surface area (Å²) in [6.45, 7) is 6.40. The Kier molecular flexibility index (Phi) is 5.26. The molecular weight excluding hydrogens is 352 g/mol. The Morgan fingerprint density at radius 3 is 2.46 bits per heavy atom. The standard InChI is InChI=1S/C21H24N6O/c1-21(2,3)16-7-5-14(6-8-16)20(28)25-18-13-27-19(24-18)10-9-17(26-27)15(11-22)12-23-4/h5-13,22-23H,1-4H3,(H,25,28)/b15-12+,22-11?. The second-order valence-electron chi connectivity index (χ2n) is 7.46. The van der Waals surface area contributed by atoms with Gasteiger partial charge in [-0.15, -0.1) is 0 Å². The van der Waals surface area contributed by atoms with Gasteiger partial charge in [-0.2, -0.15) is 5.10 Å².